The highest BCUT2D eigenvalue weighted by molar-refractivity contribution is 9.10. The number of amides is 1. The van der Waals surface area contributed by atoms with E-state index in [0.717, 1.165) is 0 Å². The molecule has 0 saturated carbocycles. The number of anilines is 2. The Morgan fingerprint density at radius 3 is 2.61 bits per heavy atom. The van der Waals surface area contributed by atoms with Gasteiger partial charge in [0.1, 0.15) is 16.5 Å². The molecule has 1 unspecified atom stereocenters. The molecule has 1 rings (SSSR count). The van der Waals surface area contributed by atoms with Gasteiger partial charge in [0.05, 0.1) is 0 Å². The molecule has 0 aromatic carbocycles. The Morgan fingerprint density at radius 2 is 2.11 bits per heavy atom. The first-order valence-corrected chi connectivity index (χ1v) is 6.62. The lowest BCUT2D eigenvalue weighted by atomic mass is 10.3. The summed E-state index contributed by atoms with van der Waals surface area (Å²) in [6.45, 7) is 7.04. The van der Waals surface area contributed by atoms with Gasteiger partial charge in [0, 0.05) is 19.2 Å². The molecule has 0 aliphatic carbocycles. The summed E-state index contributed by atoms with van der Waals surface area (Å²) in [5.74, 6) is 0.707. The number of nitrogens with one attached hydrogen (secondary N) is 1. The van der Waals surface area contributed by atoms with Gasteiger partial charge in [0.25, 0.3) is 0 Å². The fourth-order valence-electron chi connectivity index (χ4n) is 1.56. The number of nitrogen functional groups attached to an aromatic ring is 1. The molecule has 1 aromatic rings. The minimum atomic E-state index is -0.390. The summed E-state index contributed by atoms with van der Waals surface area (Å²) < 4.78 is 0.583. The zero-order valence-electron chi connectivity index (χ0n) is 10.8. The zero-order valence-corrected chi connectivity index (χ0v) is 12.4. The van der Waals surface area contributed by atoms with E-state index in [1.807, 2.05) is 13.8 Å². The second kappa shape index (κ2) is 6.53. The molecule has 1 aromatic heterocycles. The molecule has 100 valence electrons. The van der Waals surface area contributed by atoms with Crippen LogP contribution in [0.2, 0.25) is 0 Å². The molecule has 0 aliphatic rings. The van der Waals surface area contributed by atoms with Crippen LogP contribution in [-0.4, -0.2) is 39.9 Å². The third kappa shape index (κ3) is 3.83. The number of likely N-dealkylation sites (N-methyl/N-ethyl adjacent to an activating group) is 1. The normalized spacial score (nSPS) is 12.0. The van der Waals surface area contributed by atoms with Gasteiger partial charge in [-0.2, -0.15) is 4.98 Å². The summed E-state index contributed by atoms with van der Waals surface area (Å²) >= 11 is 3.23. The number of rotatable bonds is 5. The van der Waals surface area contributed by atoms with Crippen LogP contribution in [0, 0.1) is 0 Å². The summed E-state index contributed by atoms with van der Waals surface area (Å²) in [5, 5.41) is 2.95. The number of halogens is 1. The Balaban J connectivity index is 2.74. The predicted octanol–water partition coefficient (Wildman–Crippen LogP) is 1.49. The molecule has 0 fully saturated rings. The molecule has 3 N–H and O–H groups in total. The van der Waals surface area contributed by atoms with Crippen molar-refractivity contribution in [2.24, 2.45) is 0 Å². The van der Waals surface area contributed by atoms with Crippen LogP contribution in [-0.2, 0) is 4.79 Å². The lowest BCUT2D eigenvalue weighted by molar-refractivity contribution is -0.131. The number of carbonyl (C=O) groups is 1. The summed E-state index contributed by atoms with van der Waals surface area (Å²) in [6, 6.07) is 1.21. The standard InChI is InChI=1S/C11H18BrN5O/c1-4-17(5-2)10(18)7(3)14-11-15-8(12)6-9(13)16-11/h6-7H,4-5H2,1-3H3,(H3,13,14,15,16). The van der Waals surface area contributed by atoms with E-state index < -0.39 is 6.04 Å². The van der Waals surface area contributed by atoms with Gasteiger partial charge in [-0.25, -0.2) is 4.98 Å². The molecule has 18 heavy (non-hydrogen) atoms. The van der Waals surface area contributed by atoms with Gasteiger partial charge >= 0.3 is 0 Å². The van der Waals surface area contributed by atoms with Gasteiger partial charge < -0.3 is 16.0 Å². The lowest BCUT2D eigenvalue weighted by Gasteiger charge is -2.23. The first-order chi connectivity index (χ1) is 8.47. The van der Waals surface area contributed by atoms with E-state index in [1.165, 1.54) is 0 Å². The van der Waals surface area contributed by atoms with Crippen molar-refractivity contribution in [3.8, 4) is 0 Å². The van der Waals surface area contributed by atoms with E-state index in [0.29, 0.717) is 29.5 Å². The van der Waals surface area contributed by atoms with Gasteiger partial charge in [-0.05, 0) is 36.7 Å². The van der Waals surface area contributed by atoms with Gasteiger partial charge in [0.15, 0.2) is 0 Å². The third-order valence-electron chi connectivity index (χ3n) is 2.51. The number of aromatic nitrogens is 2. The third-order valence-corrected chi connectivity index (χ3v) is 2.91. The van der Waals surface area contributed by atoms with Crippen LogP contribution >= 0.6 is 15.9 Å². The summed E-state index contributed by atoms with van der Waals surface area (Å²) in [6.07, 6.45) is 0. The lowest BCUT2D eigenvalue weighted by Crippen LogP contribution is -2.41. The van der Waals surface area contributed by atoms with Crippen molar-refractivity contribution in [1.29, 1.82) is 0 Å². The van der Waals surface area contributed by atoms with E-state index in [2.05, 4.69) is 31.2 Å². The van der Waals surface area contributed by atoms with Crippen molar-refractivity contribution in [3.63, 3.8) is 0 Å². The van der Waals surface area contributed by atoms with E-state index >= 15 is 0 Å². The minimum absolute atomic E-state index is 0.0159. The number of hydrogen-bond donors (Lipinski definition) is 2. The Morgan fingerprint density at radius 1 is 1.50 bits per heavy atom. The van der Waals surface area contributed by atoms with E-state index in [-0.39, 0.29) is 5.91 Å². The monoisotopic (exact) mass is 315 g/mol. The minimum Gasteiger partial charge on any atom is -0.383 e. The van der Waals surface area contributed by atoms with Crippen molar-refractivity contribution in [2.45, 2.75) is 26.8 Å². The van der Waals surface area contributed by atoms with Crippen LogP contribution in [0.3, 0.4) is 0 Å². The Kier molecular flexibility index (Phi) is 5.33. The molecule has 0 saturated heterocycles. The van der Waals surface area contributed by atoms with Crippen LogP contribution in [0.15, 0.2) is 10.7 Å². The maximum absolute atomic E-state index is 12.0. The van der Waals surface area contributed by atoms with Crippen LogP contribution in [0.4, 0.5) is 11.8 Å². The van der Waals surface area contributed by atoms with Crippen molar-refractivity contribution in [3.05, 3.63) is 10.7 Å². The maximum atomic E-state index is 12.0. The summed E-state index contributed by atoms with van der Waals surface area (Å²) in [7, 11) is 0. The number of nitrogens with two attached hydrogens (primary N) is 1. The summed E-state index contributed by atoms with van der Waals surface area (Å²) in [5.41, 5.74) is 5.61. The predicted molar refractivity (Wildman–Crippen MR) is 75.2 cm³/mol. The fraction of sp³-hybridized carbons (Fsp3) is 0.545. The topological polar surface area (TPSA) is 84.1 Å². The average Bonchev–Trinajstić information content (AvgIpc) is 2.28. The molecular formula is C11H18BrN5O. The zero-order chi connectivity index (χ0) is 13.7. The quantitative estimate of drug-likeness (QED) is 0.804. The van der Waals surface area contributed by atoms with Crippen LogP contribution < -0.4 is 11.1 Å². The molecule has 0 bridgehead atoms. The number of hydrogen-bond acceptors (Lipinski definition) is 5. The Bertz CT molecular complexity index is 402. The SMILES string of the molecule is CCN(CC)C(=O)C(C)Nc1nc(N)cc(Br)n1. The highest BCUT2D eigenvalue weighted by Crippen LogP contribution is 2.13. The van der Waals surface area contributed by atoms with Gasteiger partial charge in [-0.15, -0.1) is 0 Å². The molecule has 6 nitrogen and oxygen atoms in total. The highest BCUT2D eigenvalue weighted by atomic mass is 79.9. The second-order valence-electron chi connectivity index (χ2n) is 3.82. The first-order valence-electron chi connectivity index (χ1n) is 5.83. The molecule has 0 radical (unpaired) electrons. The van der Waals surface area contributed by atoms with Gasteiger partial charge in [-0.1, -0.05) is 0 Å². The largest absolute Gasteiger partial charge is 0.383 e. The number of carbonyl (C=O) groups excluding carboxylic acids is 1. The fourth-order valence-corrected chi connectivity index (χ4v) is 1.97. The highest BCUT2D eigenvalue weighted by Gasteiger charge is 2.18. The van der Waals surface area contributed by atoms with Gasteiger partial charge in [-0.3, -0.25) is 4.79 Å². The van der Waals surface area contributed by atoms with E-state index in [1.54, 1.807) is 17.9 Å². The van der Waals surface area contributed by atoms with Crippen LogP contribution in [0.25, 0.3) is 0 Å². The van der Waals surface area contributed by atoms with Crippen molar-refractivity contribution in [2.75, 3.05) is 24.1 Å². The maximum Gasteiger partial charge on any atom is 0.244 e. The Labute approximate surface area is 115 Å². The van der Waals surface area contributed by atoms with Crippen molar-refractivity contribution >= 4 is 33.6 Å². The van der Waals surface area contributed by atoms with E-state index in [4.69, 9.17) is 5.73 Å². The van der Waals surface area contributed by atoms with Crippen LogP contribution in [0.5, 0.6) is 0 Å². The van der Waals surface area contributed by atoms with Crippen molar-refractivity contribution < 1.29 is 4.79 Å². The molecule has 1 heterocycles. The summed E-state index contributed by atoms with van der Waals surface area (Å²) in [4.78, 5) is 21.9. The molecule has 7 heteroatoms. The Hall–Kier alpha value is -1.37. The first kappa shape index (κ1) is 14.7. The average molecular weight is 316 g/mol. The van der Waals surface area contributed by atoms with Crippen LogP contribution in [0.1, 0.15) is 20.8 Å². The molecule has 1 amide bonds. The van der Waals surface area contributed by atoms with Crippen molar-refractivity contribution in [1.82, 2.24) is 14.9 Å². The number of nitrogens with zero attached hydrogens (tertiary/aromatic N) is 3. The van der Waals surface area contributed by atoms with E-state index in [9.17, 15) is 4.79 Å². The molecular weight excluding hydrogens is 298 g/mol. The van der Waals surface area contributed by atoms with Gasteiger partial charge in [0.2, 0.25) is 11.9 Å². The second-order valence-corrected chi connectivity index (χ2v) is 4.63. The smallest absolute Gasteiger partial charge is 0.244 e. The molecule has 0 spiro atoms. The molecule has 0 aliphatic heterocycles. The molecule has 1 atom stereocenters.